The van der Waals surface area contributed by atoms with Crippen LogP contribution in [-0.2, 0) is 43.0 Å². The number of aliphatic hydroxyl groups excluding tert-OH is 4. The molecular weight excluding hydrogens is 710 g/mol. The topological polar surface area (TPSA) is 245 Å². The maximum atomic E-state index is 14.3. The van der Waals surface area contributed by atoms with Crippen molar-refractivity contribution in [2.75, 3.05) is 33.8 Å². The summed E-state index contributed by atoms with van der Waals surface area (Å²) in [5, 5.41) is 46.2. The molecule has 54 heavy (non-hydrogen) atoms. The summed E-state index contributed by atoms with van der Waals surface area (Å²) in [7, 11) is 2.93. The number of ether oxygens (including phenoxy) is 3. The van der Waals surface area contributed by atoms with Gasteiger partial charge in [-0.2, -0.15) is 0 Å². The molecule has 0 spiro atoms. The van der Waals surface area contributed by atoms with Gasteiger partial charge in [-0.3, -0.25) is 28.8 Å². The number of amides is 5. The van der Waals surface area contributed by atoms with Crippen LogP contribution in [-0.4, -0.2) is 171 Å². The molecule has 18 nitrogen and oxygen atoms in total. The van der Waals surface area contributed by atoms with Gasteiger partial charge in [-0.15, -0.1) is 0 Å². The average Bonchev–Trinajstić information content (AvgIpc) is 3.61. The molecule has 3 heterocycles. The molecule has 18 heteroatoms. The minimum atomic E-state index is -1.74. The second-order valence-corrected chi connectivity index (χ2v) is 15.6. The number of hydrogen-bond acceptors (Lipinski definition) is 13. The molecule has 6 N–H and O–H groups in total. The molecule has 0 aromatic rings. The maximum absolute atomic E-state index is 14.3. The van der Waals surface area contributed by atoms with Gasteiger partial charge in [0, 0.05) is 33.6 Å². The number of rotatable bonds is 8. The molecule has 0 aromatic heterocycles. The van der Waals surface area contributed by atoms with E-state index in [1.165, 1.54) is 49.6 Å². The Hall–Kier alpha value is -3.42. The van der Waals surface area contributed by atoms with Gasteiger partial charge >= 0.3 is 5.97 Å². The molecule has 308 valence electrons. The second kappa shape index (κ2) is 18.9. The molecule has 5 amide bonds. The van der Waals surface area contributed by atoms with Crippen molar-refractivity contribution in [1.82, 2.24) is 25.3 Å². The van der Waals surface area contributed by atoms with Crippen molar-refractivity contribution >= 4 is 35.5 Å². The van der Waals surface area contributed by atoms with Crippen LogP contribution in [0.2, 0.25) is 0 Å². The first-order valence-electron chi connectivity index (χ1n) is 18.8. The van der Waals surface area contributed by atoms with Crippen LogP contribution in [0.3, 0.4) is 0 Å². The largest absolute Gasteiger partial charge is 0.452 e. The highest BCUT2D eigenvalue weighted by Crippen LogP contribution is 2.30. The number of esters is 1. The summed E-state index contributed by atoms with van der Waals surface area (Å²) in [5.41, 5.74) is -1.42. The van der Waals surface area contributed by atoms with Gasteiger partial charge in [0.15, 0.2) is 12.4 Å². The molecule has 3 fully saturated rings. The molecule has 3 aliphatic rings. The van der Waals surface area contributed by atoms with Crippen molar-refractivity contribution in [2.24, 2.45) is 11.8 Å². The molecule has 0 radical (unpaired) electrons. The Bertz CT molecular complexity index is 1360. The standard InChI is InChI=1S/C36H61N5O13/c1-10-19(4)25-33(50)40(9)26(18(2)3)34(51)39(8)20(5)30(47)37-14-13-24(43)52-22(32(49)41-15-11-12-21(41)31(48)38-25)16-36(6,7)54-35-29(46)28(45)27(44)23(17-42)53-35/h18-23,25-29,35,42,44-46H,10-17H2,1-9H3,(H,37,47)(H,38,48)/t19-,20-,21-,22+,23+,25-,26-,27+,28-,29+,35-/m0/s1. The molecule has 0 unspecified atom stereocenters. The lowest BCUT2D eigenvalue weighted by Gasteiger charge is -2.43. The van der Waals surface area contributed by atoms with E-state index in [9.17, 15) is 49.2 Å². The fourth-order valence-corrected chi connectivity index (χ4v) is 7.06. The zero-order valence-electron chi connectivity index (χ0n) is 32.9. The van der Waals surface area contributed by atoms with Crippen molar-refractivity contribution in [1.29, 1.82) is 0 Å². The average molecular weight is 772 g/mol. The van der Waals surface area contributed by atoms with E-state index in [-0.39, 0.29) is 44.2 Å². The Labute approximate surface area is 316 Å². The van der Waals surface area contributed by atoms with Crippen LogP contribution in [0.15, 0.2) is 0 Å². The van der Waals surface area contributed by atoms with Crippen LogP contribution in [0.4, 0.5) is 0 Å². The molecule has 11 atom stereocenters. The highest BCUT2D eigenvalue weighted by Gasteiger charge is 2.48. The monoisotopic (exact) mass is 771 g/mol. The minimum absolute atomic E-state index is 0.130. The van der Waals surface area contributed by atoms with E-state index < -0.39 is 109 Å². The lowest BCUT2D eigenvalue weighted by atomic mass is 9.94. The van der Waals surface area contributed by atoms with Gasteiger partial charge < -0.3 is 60.0 Å². The van der Waals surface area contributed by atoms with Crippen molar-refractivity contribution in [3.05, 3.63) is 0 Å². The van der Waals surface area contributed by atoms with Crippen molar-refractivity contribution < 1.29 is 63.4 Å². The van der Waals surface area contributed by atoms with Crippen LogP contribution in [0.5, 0.6) is 0 Å². The highest BCUT2D eigenvalue weighted by atomic mass is 16.7. The van der Waals surface area contributed by atoms with E-state index in [2.05, 4.69) is 10.6 Å². The number of fused-ring (bicyclic) bond motifs is 1. The molecule has 0 aromatic carbocycles. The predicted molar refractivity (Wildman–Crippen MR) is 191 cm³/mol. The van der Waals surface area contributed by atoms with E-state index in [1.54, 1.807) is 20.8 Å². The van der Waals surface area contributed by atoms with Gasteiger partial charge in [-0.05, 0) is 45.4 Å². The number of carbonyl (C=O) groups is 6. The fraction of sp³-hybridized carbons (Fsp3) is 0.833. The third kappa shape index (κ3) is 10.5. The Balaban J connectivity index is 2.00. The van der Waals surface area contributed by atoms with Gasteiger partial charge in [0.25, 0.3) is 5.91 Å². The number of aliphatic hydroxyl groups is 4. The molecule has 3 rings (SSSR count). The van der Waals surface area contributed by atoms with Gasteiger partial charge in [-0.25, -0.2) is 0 Å². The first-order chi connectivity index (χ1) is 25.2. The fourth-order valence-electron chi connectivity index (χ4n) is 7.06. The van der Waals surface area contributed by atoms with Crippen LogP contribution >= 0.6 is 0 Å². The maximum Gasteiger partial charge on any atom is 0.308 e. The summed E-state index contributed by atoms with van der Waals surface area (Å²) in [4.78, 5) is 86.5. The third-order valence-corrected chi connectivity index (χ3v) is 10.7. The summed E-state index contributed by atoms with van der Waals surface area (Å²) in [6.07, 6.45) is -8.96. The van der Waals surface area contributed by atoms with Crippen LogP contribution < -0.4 is 10.6 Å². The lowest BCUT2D eigenvalue weighted by Crippen LogP contribution is -2.61. The van der Waals surface area contributed by atoms with Gasteiger partial charge in [0.2, 0.25) is 23.6 Å². The Morgan fingerprint density at radius 1 is 0.926 bits per heavy atom. The summed E-state index contributed by atoms with van der Waals surface area (Å²) in [6, 6.07) is -4.06. The number of nitrogens with zero attached hydrogens (tertiary/aromatic N) is 3. The van der Waals surface area contributed by atoms with E-state index in [0.29, 0.717) is 12.8 Å². The van der Waals surface area contributed by atoms with Crippen LogP contribution in [0, 0.1) is 11.8 Å². The molecule has 0 saturated carbocycles. The lowest BCUT2D eigenvalue weighted by molar-refractivity contribution is -0.324. The summed E-state index contributed by atoms with van der Waals surface area (Å²) in [6.45, 7) is 11.0. The molecular formula is C36H61N5O13. The van der Waals surface area contributed by atoms with E-state index in [4.69, 9.17) is 14.2 Å². The smallest absolute Gasteiger partial charge is 0.308 e. The quantitative estimate of drug-likeness (QED) is 0.150. The Kier molecular flexibility index (Phi) is 15.8. The normalized spacial score (nSPS) is 33.8. The SMILES string of the molecule is CC[C@H](C)[C@@H]1NC(=O)[C@@H]2CCCN2C(=O)[C@@H](CC(C)(C)O[C@@H]2O[C@H](CO)[C@@H](O)[C@H](O)[C@H]2O)OC(=O)CCNC(=O)[C@H](C)N(C)C(=O)[C@H](C(C)C)N(C)C1=O. The van der Waals surface area contributed by atoms with E-state index in [0.717, 1.165) is 0 Å². The molecule has 0 aliphatic carbocycles. The minimum Gasteiger partial charge on any atom is -0.452 e. The third-order valence-electron chi connectivity index (χ3n) is 10.7. The second-order valence-electron chi connectivity index (χ2n) is 15.6. The highest BCUT2D eigenvalue weighted by molar-refractivity contribution is 5.96. The van der Waals surface area contributed by atoms with E-state index in [1.807, 2.05) is 6.92 Å². The molecule has 3 aliphatic heterocycles. The zero-order chi connectivity index (χ0) is 40.8. The first-order valence-corrected chi connectivity index (χ1v) is 18.8. The predicted octanol–water partition coefficient (Wildman–Crippen LogP) is -1.74. The Morgan fingerprint density at radius 2 is 1.57 bits per heavy atom. The van der Waals surface area contributed by atoms with Crippen molar-refractivity contribution in [3.8, 4) is 0 Å². The van der Waals surface area contributed by atoms with Crippen LogP contribution in [0.25, 0.3) is 0 Å². The summed E-state index contributed by atoms with van der Waals surface area (Å²) in [5.74, 6) is -4.49. The summed E-state index contributed by atoms with van der Waals surface area (Å²) >= 11 is 0. The Morgan fingerprint density at radius 3 is 2.17 bits per heavy atom. The molecule has 3 saturated heterocycles. The molecule has 0 bridgehead atoms. The number of cyclic esters (lactones) is 1. The van der Waals surface area contributed by atoms with E-state index >= 15 is 0 Å². The number of likely N-dealkylation sites (N-methyl/N-ethyl adjacent to an activating group) is 2. The zero-order valence-corrected chi connectivity index (χ0v) is 32.9. The first kappa shape index (κ1) is 45.0. The van der Waals surface area contributed by atoms with Crippen molar-refractivity contribution in [2.45, 2.75) is 147 Å². The van der Waals surface area contributed by atoms with Gasteiger partial charge in [-0.1, -0.05) is 34.1 Å². The van der Waals surface area contributed by atoms with Gasteiger partial charge in [0.05, 0.1) is 18.6 Å². The van der Waals surface area contributed by atoms with Crippen molar-refractivity contribution in [3.63, 3.8) is 0 Å². The summed E-state index contributed by atoms with van der Waals surface area (Å²) < 4.78 is 17.2. The number of nitrogens with one attached hydrogen (secondary N) is 2. The van der Waals surface area contributed by atoms with Gasteiger partial charge in [0.1, 0.15) is 48.6 Å². The number of hydrogen-bond donors (Lipinski definition) is 6. The number of carbonyl (C=O) groups excluding carboxylic acids is 6. The van der Waals surface area contributed by atoms with Crippen LogP contribution in [0.1, 0.15) is 80.6 Å².